The maximum atomic E-state index is 12.0. The molecule has 0 saturated carbocycles. The van der Waals surface area contributed by atoms with E-state index in [1.165, 1.54) is 5.69 Å². The molecule has 5 nitrogen and oxygen atoms in total. The van der Waals surface area contributed by atoms with Crippen LogP contribution in [0.4, 0.5) is 5.69 Å². The van der Waals surface area contributed by atoms with E-state index in [9.17, 15) is 4.79 Å². The van der Waals surface area contributed by atoms with Crippen molar-refractivity contribution in [3.63, 3.8) is 0 Å². The molecule has 1 heterocycles. The van der Waals surface area contributed by atoms with E-state index in [0.29, 0.717) is 19.0 Å². The van der Waals surface area contributed by atoms with Crippen molar-refractivity contribution in [3.8, 4) is 0 Å². The summed E-state index contributed by atoms with van der Waals surface area (Å²) in [5, 5.41) is 12.1. The lowest BCUT2D eigenvalue weighted by atomic mass is 9.98. The number of likely N-dealkylation sites (tertiary alicyclic amines) is 1. The fourth-order valence-corrected chi connectivity index (χ4v) is 2.94. The summed E-state index contributed by atoms with van der Waals surface area (Å²) in [6, 6.07) is 10.3. The van der Waals surface area contributed by atoms with Crippen LogP contribution in [0.3, 0.4) is 0 Å². The van der Waals surface area contributed by atoms with E-state index < -0.39 is 0 Å². The zero-order chi connectivity index (χ0) is 16.5. The Morgan fingerprint density at radius 2 is 2.00 bits per heavy atom. The average Bonchev–Trinajstić information content (AvgIpc) is 2.60. The predicted molar refractivity (Wildman–Crippen MR) is 93.6 cm³/mol. The second-order valence-corrected chi connectivity index (χ2v) is 6.36. The molecule has 1 amide bonds. The van der Waals surface area contributed by atoms with Gasteiger partial charge in [0.05, 0.1) is 6.54 Å². The van der Waals surface area contributed by atoms with Gasteiger partial charge in [-0.15, -0.1) is 0 Å². The SMILES string of the molecule is CN(CCCNC(=O)CN1CCC(CO)CC1)c1ccccc1. The molecule has 1 aliphatic heterocycles. The molecule has 1 saturated heterocycles. The lowest BCUT2D eigenvalue weighted by Crippen LogP contribution is -2.42. The van der Waals surface area contributed by atoms with Crippen LogP contribution in [0.25, 0.3) is 0 Å². The van der Waals surface area contributed by atoms with Crippen LogP contribution >= 0.6 is 0 Å². The number of rotatable bonds is 8. The van der Waals surface area contributed by atoms with Gasteiger partial charge in [-0.1, -0.05) is 18.2 Å². The summed E-state index contributed by atoms with van der Waals surface area (Å²) in [5.74, 6) is 0.526. The van der Waals surface area contributed by atoms with Crippen LogP contribution in [0.5, 0.6) is 0 Å². The largest absolute Gasteiger partial charge is 0.396 e. The van der Waals surface area contributed by atoms with Crippen LogP contribution in [-0.4, -0.2) is 62.3 Å². The van der Waals surface area contributed by atoms with Gasteiger partial charge in [0, 0.05) is 32.4 Å². The van der Waals surface area contributed by atoms with Crippen LogP contribution in [-0.2, 0) is 4.79 Å². The number of aliphatic hydroxyl groups excluding tert-OH is 1. The number of para-hydroxylation sites is 1. The summed E-state index contributed by atoms with van der Waals surface area (Å²) >= 11 is 0. The summed E-state index contributed by atoms with van der Waals surface area (Å²) in [6.07, 6.45) is 2.92. The molecule has 0 radical (unpaired) electrons. The van der Waals surface area contributed by atoms with E-state index in [1.54, 1.807) is 0 Å². The van der Waals surface area contributed by atoms with Crippen molar-refractivity contribution in [2.75, 3.05) is 51.3 Å². The van der Waals surface area contributed by atoms with Crippen LogP contribution in [0.15, 0.2) is 30.3 Å². The highest BCUT2D eigenvalue weighted by Gasteiger charge is 2.19. The summed E-state index contributed by atoms with van der Waals surface area (Å²) in [4.78, 5) is 16.3. The molecule has 0 unspecified atom stereocenters. The van der Waals surface area contributed by atoms with Crippen molar-refractivity contribution >= 4 is 11.6 Å². The Kier molecular flexibility index (Phi) is 7.36. The standard InChI is InChI=1S/C18H29N3O2/c1-20(17-6-3-2-4-7-17)11-5-10-19-18(23)14-21-12-8-16(15-22)9-13-21/h2-4,6-7,16,22H,5,8-15H2,1H3,(H,19,23). The van der Waals surface area contributed by atoms with Crippen LogP contribution in [0.2, 0.25) is 0 Å². The van der Waals surface area contributed by atoms with Gasteiger partial charge in [0.25, 0.3) is 0 Å². The topological polar surface area (TPSA) is 55.8 Å². The first-order valence-electron chi connectivity index (χ1n) is 8.55. The number of carbonyl (C=O) groups is 1. The van der Waals surface area contributed by atoms with Crippen molar-refractivity contribution in [1.82, 2.24) is 10.2 Å². The van der Waals surface area contributed by atoms with Gasteiger partial charge in [-0.2, -0.15) is 0 Å². The van der Waals surface area contributed by atoms with E-state index in [-0.39, 0.29) is 12.5 Å². The molecule has 23 heavy (non-hydrogen) atoms. The normalized spacial score (nSPS) is 16.3. The summed E-state index contributed by atoms with van der Waals surface area (Å²) in [7, 11) is 2.07. The van der Waals surface area contributed by atoms with E-state index in [4.69, 9.17) is 5.11 Å². The zero-order valence-corrected chi connectivity index (χ0v) is 14.1. The van der Waals surface area contributed by atoms with Gasteiger partial charge in [-0.3, -0.25) is 9.69 Å². The molecule has 2 rings (SSSR count). The molecule has 0 spiro atoms. The first-order valence-corrected chi connectivity index (χ1v) is 8.55. The molecule has 0 atom stereocenters. The second-order valence-electron chi connectivity index (χ2n) is 6.36. The van der Waals surface area contributed by atoms with Gasteiger partial charge in [0.2, 0.25) is 5.91 Å². The molecule has 0 bridgehead atoms. The quantitative estimate of drug-likeness (QED) is 0.710. The molecule has 0 aliphatic carbocycles. The first-order chi connectivity index (χ1) is 11.2. The van der Waals surface area contributed by atoms with Crippen LogP contribution < -0.4 is 10.2 Å². The second kappa shape index (κ2) is 9.53. The maximum absolute atomic E-state index is 12.0. The van der Waals surface area contributed by atoms with Crippen molar-refractivity contribution in [2.45, 2.75) is 19.3 Å². The van der Waals surface area contributed by atoms with Crippen molar-refractivity contribution in [3.05, 3.63) is 30.3 Å². The van der Waals surface area contributed by atoms with E-state index in [2.05, 4.69) is 34.3 Å². The predicted octanol–water partition coefficient (Wildman–Crippen LogP) is 1.33. The number of carbonyl (C=O) groups excluding carboxylic acids is 1. The Bertz CT molecular complexity index is 459. The number of nitrogens with zero attached hydrogens (tertiary/aromatic N) is 2. The molecule has 2 N–H and O–H groups in total. The minimum Gasteiger partial charge on any atom is -0.396 e. The third-order valence-corrected chi connectivity index (χ3v) is 4.52. The Morgan fingerprint density at radius 3 is 2.65 bits per heavy atom. The Balaban J connectivity index is 1.56. The van der Waals surface area contributed by atoms with E-state index in [0.717, 1.165) is 38.9 Å². The van der Waals surface area contributed by atoms with Gasteiger partial charge in [0.15, 0.2) is 0 Å². The Labute approximate surface area is 139 Å². The molecule has 1 aromatic carbocycles. The molecule has 128 valence electrons. The lowest BCUT2D eigenvalue weighted by Gasteiger charge is -2.30. The average molecular weight is 319 g/mol. The minimum absolute atomic E-state index is 0.106. The summed E-state index contributed by atoms with van der Waals surface area (Å²) in [5.41, 5.74) is 1.20. The van der Waals surface area contributed by atoms with Crippen molar-refractivity contribution < 1.29 is 9.90 Å². The molecular weight excluding hydrogens is 290 g/mol. The highest BCUT2D eigenvalue weighted by atomic mass is 16.3. The molecular formula is C18H29N3O2. The molecule has 1 aromatic rings. The fraction of sp³-hybridized carbons (Fsp3) is 0.611. The van der Waals surface area contributed by atoms with E-state index in [1.807, 2.05) is 18.2 Å². The van der Waals surface area contributed by atoms with Crippen LogP contribution in [0.1, 0.15) is 19.3 Å². The Morgan fingerprint density at radius 1 is 1.30 bits per heavy atom. The van der Waals surface area contributed by atoms with Crippen molar-refractivity contribution in [1.29, 1.82) is 0 Å². The Hall–Kier alpha value is -1.59. The molecule has 1 aliphatic rings. The number of benzene rings is 1. The third-order valence-electron chi connectivity index (χ3n) is 4.52. The number of hydrogen-bond donors (Lipinski definition) is 2. The van der Waals surface area contributed by atoms with Gasteiger partial charge >= 0.3 is 0 Å². The minimum atomic E-state index is 0.106. The lowest BCUT2D eigenvalue weighted by molar-refractivity contribution is -0.122. The van der Waals surface area contributed by atoms with Crippen LogP contribution in [0, 0.1) is 5.92 Å². The third kappa shape index (κ3) is 6.20. The summed E-state index contributed by atoms with van der Waals surface area (Å²) in [6.45, 7) is 4.21. The number of piperidine rings is 1. The number of amides is 1. The van der Waals surface area contributed by atoms with Crippen molar-refractivity contribution in [2.24, 2.45) is 5.92 Å². The van der Waals surface area contributed by atoms with Gasteiger partial charge in [0.1, 0.15) is 0 Å². The monoisotopic (exact) mass is 319 g/mol. The summed E-state index contributed by atoms with van der Waals surface area (Å²) < 4.78 is 0. The fourth-order valence-electron chi connectivity index (χ4n) is 2.94. The number of hydrogen-bond acceptors (Lipinski definition) is 4. The number of aliphatic hydroxyl groups is 1. The molecule has 1 fully saturated rings. The first kappa shape index (κ1) is 17.8. The van der Waals surface area contributed by atoms with Gasteiger partial charge in [-0.05, 0) is 50.4 Å². The van der Waals surface area contributed by atoms with Gasteiger partial charge in [-0.25, -0.2) is 0 Å². The number of nitrogens with one attached hydrogen (secondary N) is 1. The molecule has 0 aromatic heterocycles. The van der Waals surface area contributed by atoms with E-state index >= 15 is 0 Å². The number of anilines is 1. The smallest absolute Gasteiger partial charge is 0.234 e. The van der Waals surface area contributed by atoms with Gasteiger partial charge < -0.3 is 15.3 Å². The maximum Gasteiger partial charge on any atom is 0.234 e. The molecule has 5 heteroatoms. The highest BCUT2D eigenvalue weighted by molar-refractivity contribution is 5.77. The zero-order valence-electron chi connectivity index (χ0n) is 14.1. The highest BCUT2D eigenvalue weighted by Crippen LogP contribution is 2.15.